The molecular weight excluding hydrogens is 709 g/mol. The number of hydrogen-bond donors (Lipinski definition) is 0. The average molecular weight is 743 g/mol. The summed E-state index contributed by atoms with van der Waals surface area (Å²) in [7, 11) is 0. The van der Waals surface area contributed by atoms with Gasteiger partial charge in [0, 0.05) is 33.4 Å². The number of nitrogens with zero attached hydrogens (tertiary/aromatic N) is 6. The smallest absolute Gasteiger partial charge is 0.164 e. The van der Waals surface area contributed by atoms with Crippen LogP contribution in [0, 0.1) is 0 Å². The van der Waals surface area contributed by atoms with Crippen LogP contribution in [0.4, 0.5) is 0 Å². The van der Waals surface area contributed by atoms with Crippen LogP contribution in [0.3, 0.4) is 0 Å². The SMILES string of the molecule is c1ccc(-c2nc(-c3ccccc3)nc(-c3ccc(-c4ccc5ccccc5c4-c4ccc(-c5nc(-c6ccccc6)nc(-c6ccccc6)n5)cc4)cc3)n2)cc1. The highest BCUT2D eigenvalue weighted by Gasteiger charge is 2.17. The normalized spacial score (nSPS) is 11.1. The Morgan fingerprint density at radius 1 is 0.207 bits per heavy atom. The van der Waals surface area contributed by atoms with E-state index in [1.165, 1.54) is 10.8 Å². The maximum Gasteiger partial charge on any atom is 0.164 e. The van der Waals surface area contributed by atoms with E-state index in [-0.39, 0.29) is 0 Å². The molecule has 2 aromatic heterocycles. The Kier molecular flexibility index (Phi) is 9.10. The number of aromatic nitrogens is 6. The molecule has 10 aromatic rings. The van der Waals surface area contributed by atoms with Gasteiger partial charge in [0.1, 0.15) is 0 Å². The molecule has 0 aliphatic carbocycles. The Morgan fingerprint density at radius 3 is 0.879 bits per heavy atom. The van der Waals surface area contributed by atoms with Crippen molar-refractivity contribution in [2.45, 2.75) is 0 Å². The standard InChI is InChI=1S/C52H34N6/c1-5-16-38(17-6-1)47-53-48(39-18-7-2-8-19-39)56-51(55-47)42-29-25-36(26-30-42)45-34-33-35-15-13-14-24-44(35)46(45)37-27-31-43(32-28-37)52-57-49(40-20-9-3-10-21-40)54-50(58-52)41-22-11-4-12-23-41/h1-34H. The van der Waals surface area contributed by atoms with Crippen LogP contribution in [-0.2, 0) is 0 Å². The van der Waals surface area contributed by atoms with Crippen LogP contribution in [0.25, 0.3) is 101 Å². The summed E-state index contributed by atoms with van der Waals surface area (Å²) in [5.41, 5.74) is 10.0. The summed E-state index contributed by atoms with van der Waals surface area (Å²) in [6.07, 6.45) is 0. The summed E-state index contributed by atoms with van der Waals surface area (Å²) in [5.74, 6) is 3.79. The van der Waals surface area contributed by atoms with Crippen molar-refractivity contribution in [1.29, 1.82) is 0 Å². The molecule has 6 nitrogen and oxygen atoms in total. The van der Waals surface area contributed by atoms with Crippen molar-refractivity contribution >= 4 is 10.8 Å². The summed E-state index contributed by atoms with van der Waals surface area (Å²) in [4.78, 5) is 29.6. The predicted molar refractivity (Wildman–Crippen MR) is 234 cm³/mol. The molecule has 0 unspecified atom stereocenters. The highest BCUT2D eigenvalue weighted by molar-refractivity contribution is 6.04. The van der Waals surface area contributed by atoms with Crippen molar-refractivity contribution in [2.75, 3.05) is 0 Å². The molecule has 0 saturated carbocycles. The average Bonchev–Trinajstić information content (AvgIpc) is 3.32. The first-order chi connectivity index (χ1) is 28.7. The molecule has 0 spiro atoms. The molecule has 2 heterocycles. The zero-order valence-corrected chi connectivity index (χ0v) is 31.3. The Morgan fingerprint density at radius 2 is 0.500 bits per heavy atom. The fourth-order valence-corrected chi connectivity index (χ4v) is 7.28. The van der Waals surface area contributed by atoms with Gasteiger partial charge in [-0.2, -0.15) is 0 Å². The van der Waals surface area contributed by atoms with Crippen molar-refractivity contribution in [2.24, 2.45) is 0 Å². The molecule has 272 valence electrons. The van der Waals surface area contributed by atoms with Crippen molar-refractivity contribution in [3.05, 3.63) is 206 Å². The third-order valence-corrected chi connectivity index (χ3v) is 10.2. The monoisotopic (exact) mass is 742 g/mol. The highest BCUT2D eigenvalue weighted by Crippen LogP contribution is 2.39. The zero-order valence-electron chi connectivity index (χ0n) is 31.3. The molecule has 6 heteroatoms. The number of hydrogen-bond acceptors (Lipinski definition) is 6. The highest BCUT2D eigenvalue weighted by atomic mass is 15.0. The van der Waals surface area contributed by atoms with Gasteiger partial charge in [0.15, 0.2) is 34.9 Å². The van der Waals surface area contributed by atoms with E-state index in [1.54, 1.807) is 0 Å². The number of benzene rings is 8. The summed E-state index contributed by atoms with van der Waals surface area (Å²) in [6.45, 7) is 0. The zero-order chi connectivity index (χ0) is 38.7. The molecule has 0 aliphatic rings. The van der Waals surface area contributed by atoms with E-state index in [0.717, 1.165) is 55.6 Å². The van der Waals surface area contributed by atoms with E-state index in [1.807, 2.05) is 121 Å². The molecule has 0 saturated heterocycles. The molecule has 10 rings (SSSR count). The van der Waals surface area contributed by atoms with E-state index in [0.29, 0.717) is 34.9 Å². The maximum atomic E-state index is 4.96. The summed E-state index contributed by atoms with van der Waals surface area (Å²) in [5, 5.41) is 2.35. The van der Waals surface area contributed by atoms with E-state index in [4.69, 9.17) is 29.9 Å². The third-order valence-electron chi connectivity index (χ3n) is 10.2. The minimum absolute atomic E-state index is 0.622. The summed E-state index contributed by atoms with van der Waals surface area (Å²) < 4.78 is 0. The van der Waals surface area contributed by atoms with Crippen LogP contribution >= 0.6 is 0 Å². The van der Waals surface area contributed by atoms with Gasteiger partial charge >= 0.3 is 0 Å². The summed E-state index contributed by atoms with van der Waals surface area (Å²) in [6, 6.07) is 70.3. The van der Waals surface area contributed by atoms with E-state index in [9.17, 15) is 0 Å². The van der Waals surface area contributed by atoms with Gasteiger partial charge in [-0.15, -0.1) is 0 Å². The Hall–Kier alpha value is -7.96. The largest absolute Gasteiger partial charge is 0.208 e. The van der Waals surface area contributed by atoms with Gasteiger partial charge in [0.05, 0.1) is 0 Å². The van der Waals surface area contributed by atoms with Gasteiger partial charge in [-0.1, -0.05) is 206 Å². The third kappa shape index (κ3) is 6.91. The fourth-order valence-electron chi connectivity index (χ4n) is 7.28. The topological polar surface area (TPSA) is 77.3 Å². The van der Waals surface area contributed by atoms with Crippen LogP contribution in [-0.4, -0.2) is 29.9 Å². The first-order valence-electron chi connectivity index (χ1n) is 19.2. The predicted octanol–water partition coefficient (Wildman–Crippen LogP) is 12.5. The summed E-state index contributed by atoms with van der Waals surface area (Å²) >= 11 is 0. The quantitative estimate of drug-likeness (QED) is 0.154. The van der Waals surface area contributed by atoms with E-state index < -0.39 is 0 Å². The van der Waals surface area contributed by atoms with Gasteiger partial charge in [0.25, 0.3) is 0 Å². The van der Waals surface area contributed by atoms with Gasteiger partial charge in [-0.3, -0.25) is 0 Å². The molecule has 8 aromatic carbocycles. The minimum atomic E-state index is 0.622. The fraction of sp³-hybridized carbons (Fsp3) is 0. The Bertz CT molecular complexity index is 2890. The molecule has 0 aliphatic heterocycles. The van der Waals surface area contributed by atoms with Gasteiger partial charge in [0.2, 0.25) is 0 Å². The molecule has 0 N–H and O–H groups in total. The first-order valence-corrected chi connectivity index (χ1v) is 19.2. The Labute approximate surface area is 336 Å². The van der Waals surface area contributed by atoms with Gasteiger partial charge in [-0.05, 0) is 33.0 Å². The van der Waals surface area contributed by atoms with Crippen molar-refractivity contribution in [3.63, 3.8) is 0 Å². The minimum Gasteiger partial charge on any atom is -0.208 e. The van der Waals surface area contributed by atoms with Crippen LogP contribution in [0.1, 0.15) is 0 Å². The number of fused-ring (bicyclic) bond motifs is 1. The lowest BCUT2D eigenvalue weighted by Crippen LogP contribution is -2.00. The lowest BCUT2D eigenvalue weighted by Gasteiger charge is -2.15. The van der Waals surface area contributed by atoms with E-state index in [2.05, 4.69) is 84.9 Å². The molecule has 0 atom stereocenters. The van der Waals surface area contributed by atoms with Crippen LogP contribution in [0.2, 0.25) is 0 Å². The Balaban J connectivity index is 1.04. The van der Waals surface area contributed by atoms with E-state index >= 15 is 0 Å². The molecule has 0 bridgehead atoms. The molecular formula is C52H34N6. The van der Waals surface area contributed by atoms with Crippen molar-refractivity contribution in [1.82, 2.24) is 29.9 Å². The second kappa shape index (κ2) is 15.3. The van der Waals surface area contributed by atoms with Crippen LogP contribution in [0.15, 0.2) is 206 Å². The molecule has 58 heavy (non-hydrogen) atoms. The maximum absolute atomic E-state index is 4.96. The lowest BCUT2D eigenvalue weighted by atomic mass is 9.89. The second-order valence-corrected chi connectivity index (χ2v) is 13.9. The first kappa shape index (κ1) is 34.5. The second-order valence-electron chi connectivity index (χ2n) is 13.9. The lowest BCUT2D eigenvalue weighted by molar-refractivity contribution is 1.07. The van der Waals surface area contributed by atoms with Crippen LogP contribution < -0.4 is 0 Å². The molecule has 0 radical (unpaired) electrons. The van der Waals surface area contributed by atoms with Crippen molar-refractivity contribution < 1.29 is 0 Å². The van der Waals surface area contributed by atoms with Crippen LogP contribution in [0.5, 0.6) is 0 Å². The van der Waals surface area contributed by atoms with Gasteiger partial charge < -0.3 is 0 Å². The van der Waals surface area contributed by atoms with Crippen molar-refractivity contribution in [3.8, 4) is 90.6 Å². The molecule has 0 amide bonds. The molecule has 0 fully saturated rings. The van der Waals surface area contributed by atoms with Gasteiger partial charge in [-0.25, -0.2) is 29.9 Å². The number of rotatable bonds is 8.